The summed E-state index contributed by atoms with van der Waals surface area (Å²) >= 11 is 0. The highest BCUT2D eigenvalue weighted by atomic mass is 16.6. The fraction of sp³-hybridized carbons (Fsp3) is 0.429. The van der Waals surface area contributed by atoms with Crippen molar-refractivity contribution < 1.29 is 28.2 Å². The van der Waals surface area contributed by atoms with E-state index in [9.17, 15) is 9.59 Å². The number of aryl methyl sites for hydroxylation is 1. The molecule has 28 heavy (non-hydrogen) atoms. The fourth-order valence-corrected chi connectivity index (χ4v) is 3.66. The second-order valence-electron chi connectivity index (χ2n) is 6.89. The van der Waals surface area contributed by atoms with Crippen LogP contribution in [0.2, 0.25) is 0 Å². The third kappa shape index (κ3) is 4.13. The van der Waals surface area contributed by atoms with Crippen molar-refractivity contribution in [3.63, 3.8) is 0 Å². The minimum Gasteiger partial charge on any atom is -0.486 e. The van der Waals surface area contributed by atoms with Crippen LogP contribution < -0.4 is 9.47 Å². The number of rotatable bonds is 6. The molecule has 0 N–H and O–H groups in total. The van der Waals surface area contributed by atoms with E-state index >= 15 is 0 Å². The molecule has 4 rings (SSSR count). The van der Waals surface area contributed by atoms with Gasteiger partial charge in [0.25, 0.3) is 5.91 Å². The van der Waals surface area contributed by atoms with Crippen LogP contribution in [0.3, 0.4) is 0 Å². The maximum absolute atomic E-state index is 12.6. The molecular formula is C21H23NO6. The van der Waals surface area contributed by atoms with E-state index in [2.05, 4.69) is 0 Å². The molecule has 2 aliphatic rings. The number of ether oxygens (including phenoxy) is 3. The third-order valence-corrected chi connectivity index (χ3v) is 5.04. The third-order valence-electron chi connectivity index (χ3n) is 5.04. The zero-order valence-corrected chi connectivity index (χ0v) is 15.6. The van der Waals surface area contributed by atoms with Gasteiger partial charge in [-0.3, -0.25) is 9.59 Å². The van der Waals surface area contributed by atoms with Crippen LogP contribution in [0.4, 0.5) is 0 Å². The van der Waals surface area contributed by atoms with Gasteiger partial charge in [0.05, 0.1) is 18.7 Å². The van der Waals surface area contributed by atoms with Crippen LogP contribution in [-0.4, -0.2) is 43.1 Å². The largest absolute Gasteiger partial charge is 0.486 e. The number of fused-ring (bicyclic) bond motifs is 1. The fourth-order valence-electron chi connectivity index (χ4n) is 3.66. The quantitative estimate of drug-likeness (QED) is 0.712. The highest BCUT2D eigenvalue weighted by Crippen LogP contribution is 2.38. The van der Waals surface area contributed by atoms with Gasteiger partial charge in [-0.25, -0.2) is 0 Å². The molecule has 7 heteroatoms. The highest BCUT2D eigenvalue weighted by molar-refractivity contribution is 5.81. The van der Waals surface area contributed by atoms with E-state index < -0.39 is 5.97 Å². The summed E-state index contributed by atoms with van der Waals surface area (Å²) in [6.45, 7) is 1.49. The van der Waals surface area contributed by atoms with Crippen molar-refractivity contribution in [3.8, 4) is 11.5 Å². The predicted octanol–water partition coefficient (Wildman–Crippen LogP) is 2.89. The molecule has 148 valence electrons. The van der Waals surface area contributed by atoms with Crippen LogP contribution in [0.25, 0.3) is 0 Å². The number of likely N-dealkylation sites (tertiary alicyclic amines) is 1. The summed E-state index contributed by atoms with van der Waals surface area (Å²) in [5, 5.41) is 0. The first-order valence-electron chi connectivity index (χ1n) is 9.58. The first kappa shape index (κ1) is 18.4. The first-order chi connectivity index (χ1) is 13.7. The second-order valence-corrected chi connectivity index (χ2v) is 6.89. The van der Waals surface area contributed by atoms with Crippen LogP contribution in [0.1, 0.15) is 36.6 Å². The maximum Gasteiger partial charge on any atom is 0.306 e. The van der Waals surface area contributed by atoms with Crippen molar-refractivity contribution in [3.05, 3.63) is 47.9 Å². The predicted molar refractivity (Wildman–Crippen MR) is 99.1 cm³/mol. The van der Waals surface area contributed by atoms with Gasteiger partial charge in [-0.2, -0.15) is 0 Å². The van der Waals surface area contributed by atoms with E-state index in [4.69, 9.17) is 18.6 Å². The van der Waals surface area contributed by atoms with Crippen LogP contribution in [0, 0.1) is 0 Å². The summed E-state index contributed by atoms with van der Waals surface area (Å²) in [5.41, 5.74) is 1.01. The number of nitrogens with zero attached hydrogens (tertiary/aromatic N) is 1. The molecule has 3 heterocycles. The van der Waals surface area contributed by atoms with E-state index in [-0.39, 0.29) is 25.0 Å². The lowest BCUT2D eigenvalue weighted by Gasteiger charge is -2.26. The van der Waals surface area contributed by atoms with Gasteiger partial charge in [0, 0.05) is 13.0 Å². The molecule has 2 aliphatic heterocycles. The molecule has 7 nitrogen and oxygen atoms in total. The lowest BCUT2D eigenvalue weighted by Crippen LogP contribution is -2.34. The van der Waals surface area contributed by atoms with Gasteiger partial charge in [-0.1, -0.05) is 6.07 Å². The van der Waals surface area contributed by atoms with E-state index in [0.29, 0.717) is 31.9 Å². The van der Waals surface area contributed by atoms with Crippen molar-refractivity contribution in [2.75, 3.05) is 26.4 Å². The topological polar surface area (TPSA) is 78.2 Å². The Labute approximate surface area is 163 Å². The summed E-state index contributed by atoms with van der Waals surface area (Å²) in [5.74, 6) is 1.59. The summed E-state index contributed by atoms with van der Waals surface area (Å²) in [7, 11) is 0. The van der Waals surface area contributed by atoms with Crippen LogP contribution in [0.15, 0.2) is 41.0 Å². The minimum absolute atomic E-state index is 0.0369. The Hall–Kier alpha value is -2.96. The molecule has 1 saturated heterocycles. The average molecular weight is 385 g/mol. The molecule has 1 atom stereocenters. The molecule has 2 aromatic rings. The Morgan fingerprint density at radius 3 is 2.82 bits per heavy atom. The summed E-state index contributed by atoms with van der Waals surface area (Å²) in [6, 6.07) is 9.35. The monoisotopic (exact) mass is 385 g/mol. The van der Waals surface area contributed by atoms with Crippen LogP contribution in [0.5, 0.6) is 11.5 Å². The van der Waals surface area contributed by atoms with Gasteiger partial charge < -0.3 is 23.5 Å². The lowest BCUT2D eigenvalue weighted by molar-refractivity contribution is -0.152. The molecule has 0 aliphatic carbocycles. The summed E-state index contributed by atoms with van der Waals surface area (Å²) in [6.07, 6.45) is 4.00. The average Bonchev–Trinajstić information content (AvgIpc) is 3.42. The molecule has 0 radical (unpaired) electrons. The lowest BCUT2D eigenvalue weighted by atomic mass is 10.0. The molecule has 1 aromatic heterocycles. The smallest absolute Gasteiger partial charge is 0.306 e. The maximum atomic E-state index is 12.6. The molecule has 1 unspecified atom stereocenters. The number of hydrogen-bond acceptors (Lipinski definition) is 6. The van der Waals surface area contributed by atoms with Crippen LogP contribution in [-0.2, 0) is 20.7 Å². The van der Waals surface area contributed by atoms with Gasteiger partial charge in [-0.15, -0.1) is 0 Å². The number of carbonyl (C=O) groups excluding carboxylic acids is 2. The second kappa shape index (κ2) is 8.37. The number of benzene rings is 1. The van der Waals surface area contributed by atoms with Crippen molar-refractivity contribution in [1.29, 1.82) is 0 Å². The zero-order chi connectivity index (χ0) is 19.3. The van der Waals surface area contributed by atoms with E-state index in [1.807, 2.05) is 18.2 Å². The van der Waals surface area contributed by atoms with E-state index in [1.165, 1.54) is 0 Å². The van der Waals surface area contributed by atoms with Gasteiger partial charge in [0.2, 0.25) is 0 Å². The standard InChI is InChI=1S/C21H23NO6/c23-20(14-28-21(24)8-6-16-3-2-10-25-16)22-9-1-4-17(22)15-5-7-18-19(13-15)27-12-11-26-18/h2-3,5,7,10,13,17H,1,4,6,8-9,11-12,14H2. The number of furan rings is 1. The Balaban J connectivity index is 1.32. The van der Waals surface area contributed by atoms with Crippen molar-refractivity contribution in [2.45, 2.75) is 31.7 Å². The number of hydrogen-bond donors (Lipinski definition) is 0. The Morgan fingerprint density at radius 1 is 1.14 bits per heavy atom. The molecule has 0 saturated carbocycles. The number of carbonyl (C=O) groups is 2. The van der Waals surface area contributed by atoms with Crippen molar-refractivity contribution >= 4 is 11.9 Å². The van der Waals surface area contributed by atoms with Gasteiger partial charge in [0.15, 0.2) is 18.1 Å². The van der Waals surface area contributed by atoms with Gasteiger partial charge in [-0.05, 0) is 42.7 Å². The zero-order valence-electron chi connectivity index (χ0n) is 15.6. The van der Waals surface area contributed by atoms with Gasteiger partial charge >= 0.3 is 5.97 Å². The van der Waals surface area contributed by atoms with Crippen molar-refractivity contribution in [2.24, 2.45) is 0 Å². The first-order valence-corrected chi connectivity index (χ1v) is 9.58. The van der Waals surface area contributed by atoms with Crippen LogP contribution >= 0.6 is 0 Å². The Kier molecular flexibility index (Phi) is 5.50. The highest BCUT2D eigenvalue weighted by Gasteiger charge is 2.31. The molecule has 0 bridgehead atoms. The molecular weight excluding hydrogens is 362 g/mol. The Bertz CT molecular complexity index is 831. The van der Waals surface area contributed by atoms with Gasteiger partial charge in [0.1, 0.15) is 19.0 Å². The summed E-state index contributed by atoms with van der Waals surface area (Å²) in [4.78, 5) is 26.3. The summed E-state index contributed by atoms with van der Waals surface area (Å²) < 4.78 is 21.6. The van der Waals surface area contributed by atoms with E-state index in [0.717, 1.165) is 29.9 Å². The SMILES string of the molecule is O=C(CCc1ccco1)OCC(=O)N1CCCC1c1ccc2c(c1)OCCO2. The number of amides is 1. The molecule has 1 aromatic carbocycles. The molecule has 1 fully saturated rings. The molecule has 1 amide bonds. The Morgan fingerprint density at radius 2 is 2.00 bits per heavy atom. The normalized spacial score (nSPS) is 18.1. The minimum atomic E-state index is -0.403. The van der Waals surface area contributed by atoms with Crippen molar-refractivity contribution in [1.82, 2.24) is 4.90 Å². The van der Waals surface area contributed by atoms with E-state index in [1.54, 1.807) is 23.3 Å². The number of esters is 1. The molecule has 0 spiro atoms.